The number of hydrogen-bond donors (Lipinski definition) is 2. The maximum atomic E-state index is 12.7. The maximum absolute atomic E-state index is 12.7. The van der Waals surface area contributed by atoms with E-state index in [0.29, 0.717) is 24.4 Å². The number of fused-ring (bicyclic) bond motifs is 1. The van der Waals surface area contributed by atoms with Gasteiger partial charge in [0.1, 0.15) is 6.54 Å². The number of para-hydroxylation sites is 1. The van der Waals surface area contributed by atoms with Crippen LogP contribution in [-0.4, -0.2) is 48.6 Å². The van der Waals surface area contributed by atoms with Crippen LogP contribution < -0.4 is 15.8 Å². The molecule has 0 spiro atoms. The number of anilines is 1. The molecule has 0 bridgehead atoms. The molecule has 2 aromatic rings. The fourth-order valence-electron chi connectivity index (χ4n) is 4.00. The van der Waals surface area contributed by atoms with Gasteiger partial charge in [0.25, 0.3) is 0 Å². The van der Waals surface area contributed by atoms with Gasteiger partial charge >= 0.3 is 0 Å². The van der Waals surface area contributed by atoms with Gasteiger partial charge in [0.05, 0.1) is 11.4 Å². The van der Waals surface area contributed by atoms with Crippen molar-refractivity contribution >= 4 is 29.3 Å². The lowest BCUT2D eigenvalue weighted by Gasteiger charge is -2.30. The number of rotatable bonds is 7. The summed E-state index contributed by atoms with van der Waals surface area (Å²) < 4.78 is 0. The van der Waals surface area contributed by atoms with Crippen molar-refractivity contribution in [2.45, 2.75) is 36.2 Å². The monoisotopic (exact) mass is 424 g/mol. The van der Waals surface area contributed by atoms with E-state index in [1.54, 1.807) is 9.80 Å². The van der Waals surface area contributed by atoms with E-state index >= 15 is 0 Å². The second-order valence-corrected chi connectivity index (χ2v) is 8.90. The highest BCUT2D eigenvalue weighted by molar-refractivity contribution is 8.00. The summed E-state index contributed by atoms with van der Waals surface area (Å²) in [5, 5.41) is 0. The molecule has 2 unspecified atom stereocenters. The molecule has 0 radical (unpaired) electrons. The van der Waals surface area contributed by atoms with Gasteiger partial charge in [-0.2, -0.15) is 0 Å². The van der Waals surface area contributed by atoms with Crippen LogP contribution in [0.4, 0.5) is 5.69 Å². The zero-order valence-electron chi connectivity index (χ0n) is 17.2. The fraction of sp³-hybridized carbons (Fsp3) is 0.391. The normalized spacial score (nSPS) is 20.8. The molecule has 2 N–H and O–H groups in total. The molecule has 2 aliphatic heterocycles. The Morgan fingerprint density at radius 1 is 1.13 bits per heavy atom. The fourth-order valence-corrected chi connectivity index (χ4v) is 4.93. The highest BCUT2D eigenvalue weighted by Crippen LogP contribution is 2.34. The van der Waals surface area contributed by atoms with Crippen molar-refractivity contribution < 1.29 is 9.59 Å². The minimum atomic E-state index is -0.0234. The zero-order valence-corrected chi connectivity index (χ0v) is 18.0. The van der Waals surface area contributed by atoms with Crippen LogP contribution in [0.5, 0.6) is 0 Å². The highest BCUT2D eigenvalue weighted by Gasteiger charge is 2.28. The standard InChI is InChI=1S/C23H28N4O2S/c1-26(13-7-10-18-14-19(25-24-18)17-8-3-2-4-9-17)22(28)15-27-20-11-5-6-12-21(20)30-16-23(27)29/h2-6,8-9,11-12,18-19,24-25H,7,10,13-16H2,1H3. The third kappa shape index (κ3) is 4.86. The number of hydrogen-bond acceptors (Lipinski definition) is 5. The van der Waals surface area contributed by atoms with Gasteiger partial charge in [0.15, 0.2) is 0 Å². The number of hydrazine groups is 1. The maximum Gasteiger partial charge on any atom is 0.242 e. The van der Waals surface area contributed by atoms with Crippen LogP contribution in [0, 0.1) is 0 Å². The number of carbonyl (C=O) groups excluding carboxylic acids is 2. The van der Waals surface area contributed by atoms with Crippen molar-refractivity contribution in [3.8, 4) is 0 Å². The average Bonchev–Trinajstić information content (AvgIpc) is 3.25. The van der Waals surface area contributed by atoms with Crippen LogP contribution in [0.2, 0.25) is 0 Å². The summed E-state index contributed by atoms with van der Waals surface area (Å²) in [6.07, 6.45) is 2.96. The van der Waals surface area contributed by atoms with E-state index in [2.05, 4.69) is 35.1 Å². The van der Waals surface area contributed by atoms with Crippen LogP contribution in [0.3, 0.4) is 0 Å². The van der Waals surface area contributed by atoms with E-state index in [9.17, 15) is 9.59 Å². The van der Waals surface area contributed by atoms with E-state index < -0.39 is 0 Å². The predicted octanol–water partition coefficient (Wildman–Crippen LogP) is 2.97. The largest absolute Gasteiger partial charge is 0.344 e. The van der Waals surface area contributed by atoms with Crippen LogP contribution in [-0.2, 0) is 9.59 Å². The number of likely N-dealkylation sites (N-methyl/N-ethyl adjacent to an activating group) is 1. The highest BCUT2D eigenvalue weighted by atomic mass is 32.2. The van der Waals surface area contributed by atoms with Gasteiger partial charge < -0.3 is 9.80 Å². The number of amides is 2. The molecule has 2 heterocycles. The van der Waals surface area contributed by atoms with Crippen molar-refractivity contribution in [3.63, 3.8) is 0 Å². The zero-order chi connectivity index (χ0) is 20.9. The number of benzene rings is 2. The van der Waals surface area contributed by atoms with Crippen molar-refractivity contribution in [2.75, 3.05) is 30.8 Å². The van der Waals surface area contributed by atoms with Crippen molar-refractivity contribution in [3.05, 3.63) is 60.2 Å². The summed E-state index contributed by atoms with van der Waals surface area (Å²) >= 11 is 1.53. The van der Waals surface area contributed by atoms with E-state index in [1.807, 2.05) is 37.4 Å². The van der Waals surface area contributed by atoms with Crippen molar-refractivity contribution in [1.82, 2.24) is 15.8 Å². The minimum Gasteiger partial charge on any atom is -0.344 e. The molecule has 2 aromatic carbocycles. The van der Waals surface area contributed by atoms with Crippen molar-refractivity contribution in [2.24, 2.45) is 0 Å². The number of thioether (sulfide) groups is 1. The molecule has 30 heavy (non-hydrogen) atoms. The Morgan fingerprint density at radius 2 is 1.90 bits per heavy atom. The van der Waals surface area contributed by atoms with E-state index in [0.717, 1.165) is 29.8 Å². The summed E-state index contributed by atoms with van der Waals surface area (Å²) in [6, 6.07) is 19.0. The lowest BCUT2D eigenvalue weighted by Crippen LogP contribution is -2.44. The van der Waals surface area contributed by atoms with Crippen LogP contribution in [0.1, 0.15) is 30.9 Å². The summed E-state index contributed by atoms with van der Waals surface area (Å²) in [6.45, 7) is 0.789. The lowest BCUT2D eigenvalue weighted by atomic mass is 10.00. The number of nitrogens with zero attached hydrogens (tertiary/aromatic N) is 2. The SMILES string of the molecule is CN(CCCC1CC(c2ccccc2)NN1)C(=O)CN1C(=O)CSc2ccccc21. The Balaban J connectivity index is 1.23. The third-order valence-corrected chi connectivity index (χ3v) is 6.80. The second kappa shape index (κ2) is 9.64. The van der Waals surface area contributed by atoms with Crippen molar-refractivity contribution in [1.29, 1.82) is 0 Å². The molecule has 0 aromatic heterocycles. The smallest absolute Gasteiger partial charge is 0.242 e. The van der Waals surface area contributed by atoms with Crippen LogP contribution >= 0.6 is 11.8 Å². The molecule has 2 amide bonds. The molecule has 0 saturated carbocycles. The molecule has 7 heteroatoms. The van der Waals surface area contributed by atoms with Crippen LogP contribution in [0.15, 0.2) is 59.5 Å². The molecular formula is C23H28N4O2S. The molecule has 1 fully saturated rings. The number of carbonyl (C=O) groups is 2. The molecule has 6 nitrogen and oxygen atoms in total. The first-order chi connectivity index (χ1) is 14.6. The number of nitrogens with one attached hydrogen (secondary N) is 2. The summed E-state index contributed by atoms with van der Waals surface area (Å²) in [4.78, 5) is 29.5. The summed E-state index contributed by atoms with van der Waals surface area (Å²) in [5.41, 5.74) is 8.89. The van der Waals surface area contributed by atoms with E-state index in [1.165, 1.54) is 17.3 Å². The Labute approximate surface area is 182 Å². The second-order valence-electron chi connectivity index (χ2n) is 7.88. The molecule has 2 atom stereocenters. The molecule has 1 saturated heterocycles. The van der Waals surface area contributed by atoms with E-state index in [4.69, 9.17) is 0 Å². The average molecular weight is 425 g/mol. The van der Waals surface area contributed by atoms with Crippen LogP contribution in [0.25, 0.3) is 0 Å². The molecular weight excluding hydrogens is 396 g/mol. The minimum absolute atomic E-state index is 0.00589. The van der Waals surface area contributed by atoms with Gasteiger partial charge in [-0.3, -0.25) is 20.4 Å². The van der Waals surface area contributed by atoms with Gasteiger partial charge in [-0.25, -0.2) is 0 Å². The molecule has 158 valence electrons. The Morgan fingerprint density at radius 3 is 2.73 bits per heavy atom. The Bertz CT molecular complexity index is 892. The quantitative estimate of drug-likeness (QED) is 0.716. The molecule has 2 aliphatic rings. The topological polar surface area (TPSA) is 64.7 Å². The Kier molecular flexibility index (Phi) is 6.72. The predicted molar refractivity (Wildman–Crippen MR) is 120 cm³/mol. The third-order valence-electron chi connectivity index (χ3n) is 5.76. The molecule has 0 aliphatic carbocycles. The van der Waals surface area contributed by atoms with Gasteiger partial charge in [-0.1, -0.05) is 42.5 Å². The first kappa shape index (κ1) is 20.9. The summed E-state index contributed by atoms with van der Waals surface area (Å²) in [7, 11) is 1.82. The first-order valence-electron chi connectivity index (χ1n) is 10.4. The van der Waals surface area contributed by atoms with Gasteiger partial charge in [0, 0.05) is 30.6 Å². The Hall–Kier alpha value is -2.35. The first-order valence-corrected chi connectivity index (χ1v) is 11.4. The van der Waals surface area contributed by atoms with Gasteiger partial charge in [0.2, 0.25) is 11.8 Å². The summed E-state index contributed by atoms with van der Waals surface area (Å²) in [5.74, 6) is 0.357. The van der Waals surface area contributed by atoms with Gasteiger partial charge in [-0.05, 0) is 37.0 Å². The molecule has 4 rings (SSSR count). The van der Waals surface area contributed by atoms with Gasteiger partial charge in [-0.15, -0.1) is 11.8 Å². The lowest BCUT2D eigenvalue weighted by molar-refractivity contribution is -0.130. The van der Waals surface area contributed by atoms with E-state index in [-0.39, 0.29) is 18.4 Å².